The first-order valence-corrected chi connectivity index (χ1v) is 9.86. The van der Waals surface area contributed by atoms with Crippen molar-refractivity contribution in [2.24, 2.45) is 5.92 Å². The van der Waals surface area contributed by atoms with Gasteiger partial charge in [0.05, 0.1) is 19.4 Å². The van der Waals surface area contributed by atoms with Gasteiger partial charge in [0.2, 0.25) is 0 Å². The number of nitrogens with zero attached hydrogens (tertiary/aromatic N) is 1. The predicted molar refractivity (Wildman–Crippen MR) is 113 cm³/mol. The number of carbonyl (C=O) groups is 2. The highest BCUT2D eigenvalue weighted by Crippen LogP contribution is 2.18. The van der Waals surface area contributed by atoms with Gasteiger partial charge in [-0.3, -0.25) is 14.5 Å². The maximum atomic E-state index is 12.4. The zero-order chi connectivity index (χ0) is 21.3. The van der Waals surface area contributed by atoms with Gasteiger partial charge in [0.1, 0.15) is 5.60 Å². The quantitative estimate of drug-likeness (QED) is 0.593. The fraction of sp³-hybridized carbons (Fsp3) is 0.417. The molecule has 0 aliphatic rings. The van der Waals surface area contributed by atoms with Gasteiger partial charge in [-0.1, -0.05) is 60.7 Å². The van der Waals surface area contributed by atoms with E-state index in [0.717, 1.165) is 11.1 Å². The molecule has 0 amide bonds. The zero-order valence-electron chi connectivity index (χ0n) is 17.8. The van der Waals surface area contributed by atoms with Crippen molar-refractivity contribution in [2.75, 3.05) is 13.7 Å². The molecule has 0 aliphatic carbocycles. The molecule has 0 aromatic heterocycles. The number of rotatable bonds is 9. The second kappa shape index (κ2) is 10.8. The van der Waals surface area contributed by atoms with E-state index in [0.29, 0.717) is 19.6 Å². The Bertz CT molecular complexity index is 727. The molecule has 2 rings (SSSR count). The highest BCUT2D eigenvalue weighted by atomic mass is 16.6. The van der Waals surface area contributed by atoms with E-state index in [4.69, 9.17) is 9.47 Å². The Hall–Kier alpha value is -2.66. The molecule has 0 bridgehead atoms. The van der Waals surface area contributed by atoms with E-state index in [1.807, 2.05) is 57.2 Å². The van der Waals surface area contributed by atoms with Crippen molar-refractivity contribution >= 4 is 11.9 Å². The first kappa shape index (κ1) is 22.6. The lowest BCUT2D eigenvalue weighted by atomic mass is 10.0. The molecule has 156 valence electrons. The molecular weight excluding hydrogens is 366 g/mol. The average molecular weight is 398 g/mol. The van der Waals surface area contributed by atoms with E-state index in [2.05, 4.69) is 29.2 Å². The van der Waals surface area contributed by atoms with Crippen LogP contribution in [0.15, 0.2) is 60.7 Å². The molecule has 0 fully saturated rings. The molecule has 1 atom stereocenters. The molecule has 0 saturated carbocycles. The third kappa shape index (κ3) is 8.48. The van der Waals surface area contributed by atoms with E-state index in [9.17, 15) is 9.59 Å². The Morgan fingerprint density at radius 1 is 0.897 bits per heavy atom. The molecule has 5 heteroatoms. The molecular formula is C24H31NO4. The number of carbonyl (C=O) groups excluding carboxylic acids is 2. The molecule has 29 heavy (non-hydrogen) atoms. The van der Waals surface area contributed by atoms with E-state index >= 15 is 0 Å². The minimum absolute atomic E-state index is 0.00990. The summed E-state index contributed by atoms with van der Waals surface area (Å²) in [5.41, 5.74) is 1.69. The van der Waals surface area contributed by atoms with Crippen LogP contribution in [-0.4, -0.2) is 36.1 Å². The van der Waals surface area contributed by atoms with Crippen LogP contribution in [0, 0.1) is 5.92 Å². The van der Waals surface area contributed by atoms with Gasteiger partial charge in [-0.15, -0.1) is 0 Å². The Kier molecular flexibility index (Phi) is 8.40. The van der Waals surface area contributed by atoms with Gasteiger partial charge in [-0.2, -0.15) is 0 Å². The molecule has 0 heterocycles. The van der Waals surface area contributed by atoms with Crippen molar-refractivity contribution in [3.05, 3.63) is 71.8 Å². The van der Waals surface area contributed by atoms with Crippen LogP contribution in [-0.2, 0) is 32.2 Å². The lowest BCUT2D eigenvalue weighted by Crippen LogP contribution is -2.36. The summed E-state index contributed by atoms with van der Waals surface area (Å²) in [4.78, 5) is 26.9. The maximum Gasteiger partial charge on any atom is 0.310 e. The van der Waals surface area contributed by atoms with Crippen LogP contribution in [0.4, 0.5) is 0 Å². The van der Waals surface area contributed by atoms with Crippen molar-refractivity contribution < 1.29 is 19.1 Å². The van der Waals surface area contributed by atoms with E-state index in [-0.39, 0.29) is 6.42 Å². The second-order valence-electron chi connectivity index (χ2n) is 8.15. The summed E-state index contributed by atoms with van der Waals surface area (Å²) in [6.45, 7) is 7.17. The van der Waals surface area contributed by atoms with Gasteiger partial charge < -0.3 is 9.47 Å². The van der Waals surface area contributed by atoms with Gasteiger partial charge in [-0.05, 0) is 31.9 Å². The third-order valence-corrected chi connectivity index (χ3v) is 4.34. The minimum Gasteiger partial charge on any atom is -0.469 e. The number of hydrogen-bond donors (Lipinski definition) is 0. The Morgan fingerprint density at radius 3 is 1.79 bits per heavy atom. The molecule has 2 aromatic rings. The van der Waals surface area contributed by atoms with Crippen LogP contribution in [0.25, 0.3) is 0 Å². The first-order valence-electron chi connectivity index (χ1n) is 9.86. The second-order valence-corrected chi connectivity index (χ2v) is 8.15. The molecule has 0 aliphatic heterocycles. The normalized spacial score (nSPS) is 12.4. The maximum absolute atomic E-state index is 12.4. The van der Waals surface area contributed by atoms with Crippen LogP contribution in [0.2, 0.25) is 0 Å². The standard InChI is InChI=1S/C24H31NO4/c1-24(2,3)29-22(26)15-21(23(27)28-4)18-25(16-19-11-7-5-8-12-19)17-20-13-9-6-10-14-20/h5-14,21H,15-18H2,1-4H3. The number of methoxy groups -OCH3 is 1. The number of esters is 2. The highest BCUT2D eigenvalue weighted by molar-refractivity contribution is 5.80. The van der Waals surface area contributed by atoms with E-state index in [1.54, 1.807) is 0 Å². The average Bonchev–Trinajstić information content (AvgIpc) is 2.67. The van der Waals surface area contributed by atoms with Crippen LogP contribution in [0.3, 0.4) is 0 Å². The van der Waals surface area contributed by atoms with Crippen molar-refractivity contribution in [3.63, 3.8) is 0 Å². The lowest BCUT2D eigenvalue weighted by molar-refractivity contribution is -0.161. The summed E-state index contributed by atoms with van der Waals surface area (Å²) in [5.74, 6) is -1.39. The summed E-state index contributed by atoms with van der Waals surface area (Å²) in [7, 11) is 1.35. The molecule has 0 radical (unpaired) electrons. The Morgan fingerprint density at radius 2 is 1.38 bits per heavy atom. The molecule has 0 saturated heterocycles. The van der Waals surface area contributed by atoms with E-state index in [1.165, 1.54) is 7.11 Å². The summed E-state index contributed by atoms with van der Waals surface area (Å²) in [6.07, 6.45) is -0.00990. The minimum atomic E-state index is -0.595. The predicted octanol–water partition coefficient (Wildman–Crippen LogP) is 4.21. The third-order valence-electron chi connectivity index (χ3n) is 4.34. The van der Waals surface area contributed by atoms with Gasteiger partial charge in [0.25, 0.3) is 0 Å². The molecule has 2 aromatic carbocycles. The largest absolute Gasteiger partial charge is 0.469 e. The molecule has 0 spiro atoms. The van der Waals surface area contributed by atoms with Gasteiger partial charge in [0.15, 0.2) is 0 Å². The highest BCUT2D eigenvalue weighted by Gasteiger charge is 2.28. The number of hydrogen-bond acceptors (Lipinski definition) is 5. The van der Waals surface area contributed by atoms with Gasteiger partial charge in [0, 0.05) is 19.6 Å². The molecule has 0 N–H and O–H groups in total. The Balaban J connectivity index is 2.16. The van der Waals surface area contributed by atoms with Gasteiger partial charge in [-0.25, -0.2) is 0 Å². The molecule has 5 nitrogen and oxygen atoms in total. The van der Waals surface area contributed by atoms with Gasteiger partial charge >= 0.3 is 11.9 Å². The summed E-state index contributed by atoms with van der Waals surface area (Å²) < 4.78 is 10.4. The van der Waals surface area contributed by atoms with Crippen molar-refractivity contribution in [2.45, 2.75) is 45.9 Å². The van der Waals surface area contributed by atoms with E-state index < -0.39 is 23.5 Å². The smallest absolute Gasteiger partial charge is 0.310 e. The number of benzene rings is 2. The van der Waals surface area contributed by atoms with Crippen LogP contribution in [0.5, 0.6) is 0 Å². The zero-order valence-corrected chi connectivity index (χ0v) is 17.8. The van der Waals surface area contributed by atoms with Crippen LogP contribution < -0.4 is 0 Å². The SMILES string of the molecule is COC(=O)C(CC(=O)OC(C)(C)C)CN(Cc1ccccc1)Cc1ccccc1. The monoisotopic (exact) mass is 397 g/mol. The summed E-state index contributed by atoms with van der Waals surface area (Å²) >= 11 is 0. The lowest BCUT2D eigenvalue weighted by Gasteiger charge is -2.27. The van der Waals surface area contributed by atoms with Crippen molar-refractivity contribution in [1.82, 2.24) is 4.90 Å². The van der Waals surface area contributed by atoms with Crippen LogP contribution >= 0.6 is 0 Å². The number of ether oxygens (including phenoxy) is 2. The fourth-order valence-corrected chi connectivity index (χ4v) is 3.15. The molecule has 1 unspecified atom stereocenters. The van der Waals surface area contributed by atoms with Crippen LogP contribution in [0.1, 0.15) is 38.3 Å². The summed E-state index contributed by atoms with van der Waals surface area (Å²) in [6, 6.07) is 20.2. The van der Waals surface area contributed by atoms with Crippen molar-refractivity contribution in [3.8, 4) is 0 Å². The first-order chi connectivity index (χ1) is 13.8. The summed E-state index contributed by atoms with van der Waals surface area (Å²) in [5, 5.41) is 0. The van der Waals surface area contributed by atoms with Crippen molar-refractivity contribution in [1.29, 1.82) is 0 Å². The fourth-order valence-electron chi connectivity index (χ4n) is 3.15. The Labute approximate surface area is 173 Å². The topological polar surface area (TPSA) is 55.8 Å².